The minimum atomic E-state index is 0.0757. The summed E-state index contributed by atoms with van der Waals surface area (Å²) < 4.78 is 1.01. The van der Waals surface area contributed by atoms with E-state index in [1.165, 1.54) is 12.8 Å². The summed E-state index contributed by atoms with van der Waals surface area (Å²) in [5.74, 6) is 0.763. The SMILES string of the molecule is CC(C1CC1)N(C)C(=O)c1cc2ccc(Br)cc2[nH]1. The number of hydrogen-bond donors (Lipinski definition) is 1. The van der Waals surface area contributed by atoms with Crippen molar-refractivity contribution in [1.29, 1.82) is 0 Å². The average molecular weight is 321 g/mol. The zero-order valence-electron chi connectivity index (χ0n) is 11.1. The van der Waals surface area contributed by atoms with Crippen LogP contribution in [0.2, 0.25) is 0 Å². The van der Waals surface area contributed by atoms with Crippen LogP contribution in [0.15, 0.2) is 28.7 Å². The Balaban J connectivity index is 1.88. The maximum Gasteiger partial charge on any atom is 0.270 e. The highest BCUT2D eigenvalue weighted by atomic mass is 79.9. The van der Waals surface area contributed by atoms with Gasteiger partial charge in [0.25, 0.3) is 5.91 Å². The molecule has 1 aromatic heterocycles. The van der Waals surface area contributed by atoms with Crippen LogP contribution in [0.5, 0.6) is 0 Å². The van der Waals surface area contributed by atoms with Gasteiger partial charge in [-0.15, -0.1) is 0 Å². The third-order valence-corrected chi connectivity index (χ3v) is 4.54. The molecule has 0 aliphatic heterocycles. The van der Waals surface area contributed by atoms with Crippen molar-refractivity contribution in [2.45, 2.75) is 25.8 Å². The molecule has 0 radical (unpaired) electrons. The highest BCUT2D eigenvalue weighted by molar-refractivity contribution is 9.10. The van der Waals surface area contributed by atoms with Gasteiger partial charge in [-0.2, -0.15) is 0 Å². The van der Waals surface area contributed by atoms with Crippen LogP contribution in [0.4, 0.5) is 0 Å². The number of nitrogens with one attached hydrogen (secondary N) is 1. The Morgan fingerprint density at radius 3 is 2.84 bits per heavy atom. The maximum absolute atomic E-state index is 12.5. The lowest BCUT2D eigenvalue weighted by molar-refractivity contribution is 0.0722. The van der Waals surface area contributed by atoms with E-state index >= 15 is 0 Å². The number of hydrogen-bond acceptors (Lipinski definition) is 1. The van der Waals surface area contributed by atoms with Gasteiger partial charge in [0, 0.05) is 28.5 Å². The number of nitrogens with zero attached hydrogens (tertiary/aromatic N) is 1. The molecule has 1 N–H and O–H groups in total. The topological polar surface area (TPSA) is 36.1 Å². The Morgan fingerprint density at radius 2 is 2.16 bits per heavy atom. The Hall–Kier alpha value is -1.29. The van der Waals surface area contributed by atoms with Gasteiger partial charge in [-0.1, -0.05) is 22.0 Å². The molecule has 1 atom stereocenters. The first-order valence-electron chi connectivity index (χ1n) is 6.61. The standard InChI is InChI=1S/C15H17BrN2O/c1-9(10-3-4-10)18(2)15(19)14-7-11-5-6-12(16)8-13(11)17-14/h5-10,17H,3-4H2,1-2H3. The van der Waals surface area contributed by atoms with Crippen molar-refractivity contribution in [2.24, 2.45) is 5.92 Å². The van der Waals surface area contributed by atoms with E-state index in [4.69, 9.17) is 0 Å². The van der Waals surface area contributed by atoms with Gasteiger partial charge in [0.05, 0.1) is 0 Å². The fourth-order valence-corrected chi connectivity index (χ4v) is 2.85. The molecule has 100 valence electrons. The molecule has 1 fully saturated rings. The summed E-state index contributed by atoms with van der Waals surface area (Å²) in [6.45, 7) is 2.13. The molecule has 4 heteroatoms. The van der Waals surface area contributed by atoms with Crippen molar-refractivity contribution in [3.63, 3.8) is 0 Å². The Bertz CT molecular complexity index is 630. The molecule has 0 spiro atoms. The first kappa shape index (κ1) is 12.7. The van der Waals surface area contributed by atoms with E-state index in [-0.39, 0.29) is 5.91 Å². The van der Waals surface area contributed by atoms with Gasteiger partial charge >= 0.3 is 0 Å². The number of halogens is 1. The van der Waals surface area contributed by atoms with Gasteiger partial charge in [0.2, 0.25) is 0 Å². The maximum atomic E-state index is 12.5. The molecule has 3 rings (SSSR count). The highest BCUT2D eigenvalue weighted by Crippen LogP contribution is 2.35. The van der Waals surface area contributed by atoms with Crippen LogP contribution < -0.4 is 0 Å². The summed E-state index contributed by atoms with van der Waals surface area (Å²) in [5.41, 5.74) is 1.66. The monoisotopic (exact) mass is 320 g/mol. The molecule has 1 saturated carbocycles. The van der Waals surface area contributed by atoms with Crippen LogP contribution in [0.25, 0.3) is 10.9 Å². The van der Waals surface area contributed by atoms with Crippen LogP contribution in [0.3, 0.4) is 0 Å². The lowest BCUT2D eigenvalue weighted by Crippen LogP contribution is -2.36. The van der Waals surface area contributed by atoms with Crippen molar-refractivity contribution in [3.8, 4) is 0 Å². The third kappa shape index (κ3) is 2.41. The van der Waals surface area contributed by atoms with E-state index in [0.29, 0.717) is 17.7 Å². The van der Waals surface area contributed by atoms with E-state index in [1.54, 1.807) is 0 Å². The van der Waals surface area contributed by atoms with Crippen molar-refractivity contribution < 1.29 is 4.79 Å². The zero-order valence-corrected chi connectivity index (χ0v) is 12.7. The van der Waals surface area contributed by atoms with E-state index in [0.717, 1.165) is 15.4 Å². The number of aromatic amines is 1. The van der Waals surface area contributed by atoms with Crippen molar-refractivity contribution in [3.05, 3.63) is 34.4 Å². The van der Waals surface area contributed by atoms with E-state index in [2.05, 4.69) is 27.8 Å². The molecular weight excluding hydrogens is 304 g/mol. The fourth-order valence-electron chi connectivity index (χ4n) is 2.48. The fraction of sp³-hybridized carbons (Fsp3) is 0.400. The van der Waals surface area contributed by atoms with Crippen molar-refractivity contribution in [1.82, 2.24) is 9.88 Å². The van der Waals surface area contributed by atoms with Crippen molar-refractivity contribution >= 4 is 32.7 Å². The number of aromatic nitrogens is 1. The summed E-state index contributed by atoms with van der Waals surface area (Å²) in [5, 5.41) is 1.07. The second kappa shape index (κ2) is 4.67. The molecular formula is C15H17BrN2O. The first-order chi connectivity index (χ1) is 9.06. The number of amides is 1. The molecule has 3 nitrogen and oxygen atoms in total. The highest BCUT2D eigenvalue weighted by Gasteiger charge is 2.33. The molecule has 1 aliphatic rings. The molecule has 0 bridgehead atoms. The number of carbonyl (C=O) groups is 1. The van der Waals surface area contributed by atoms with Gasteiger partial charge in [0.1, 0.15) is 5.69 Å². The number of rotatable bonds is 3. The molecule has 2 aromatic rings. The molecule has 1 unspecified atom stereocenters. The summed E-state index contributed by atoms with van der Waals surface area (Å²) >= 11 is 3.44. The minimum Gasteiger partial charge on any atom is -0.350 e. The third-order valence-electron chi connectivity index (χ3n) is 4.05. The molecule has 1 aliphatic carbocycles. The molecule has 0 saturated heterocycles. The molecule has 19 heavy (non-hydrogen) atoms. The summed E-state index contributed by atoms with van der Waals surface area (Å²) in [7, 11) is 1.90. The first-order valence-corrected chi connectivity index (χ1v) is 7.41. The second-order valence-corrected chi connectivity index (χ2v) is 6.32. The lowest BCUT2D eigenvalue weighted by Gasteiger charge is -2.24. The van der Waals surface area contributed by atoms with Crippen LogP contribution in [-0.4, -0.2) is 28.9 Å². The quantitative estimate of drug-likeness (QED) is 0.917. The normalized spacial score (nSPS) is 16.6. The molecule has 1 heterocycles. The minimum absolute atomic E-state index is 0.0757. The van der Waals surface area contributed by atoms with Crippen LogP contribution in [0, 0.1) is 5.92 Å². The van der Waals surface area contributed by atoms with Gasteiger partial charge in [0.15, 0.2) is 0 Å². The summed E-state index contributed by atoms with van der Waals surface area (Å²) in [4.78, 5) is 17.5. The van der Waals surface area contributed by atoms with Crippen LogP contribution in [-0.2, 0) is 0 Å². The Kier molecular flexibility index (Phi) is 3.13. The second-order valence-electron chi connectivity index (χ2n) is 5.41. The van der Waals surface area contributed by atoms with Gasteiger partial charge in [-0.3, -0.25) is 4.79 Å². The number of fused-ring (bicyclic) bond motifs is 1. The predicted octanol–water partition coefficient (Wildman–Crippen LogP) is 3.80. The molecule has 1 amide bonds. The largest absolute Gasteiger partial charge is 0.350 e. The van der Waals surface area contributed by atoms with E-state index in [1.807, 2.05) is 36.2 Å². The predicted molar refractivity (Wildman–Crippen MR) is 80.3 cm³/mol. The van der Waals surface area contributed by atoms with Crippen LogP contribution >= 0.6 is 15.9 Å². The Labute approximate surface area is 121 Å². The smallest absolute Gasteiger partial charge is 0.270 e. The van der Waals surface area contributed by atoms with E-state index < -0.39 is 0 Å². The summed E-state index contributed by atoms with van der Waals surface area (Å²) in [6, 6.07) is 8.25. The average Bonchev–Trinajstić information content (AvgIpc) is 3.16. The van der Waals surface area contributed by atoms with Gasteiger partial charge in [-0.05, 0) is 43.9 Å². The van der Waals surface area contributed by atoms with Crippen LogP contribution in [0.1, 0.15) is 30.3 Å². The number of carbonyl (C=O) groups excluding carboxylic acids is 1. The molecule has 1 aromatic carbocycles. The van der Waals surface area contributed by atoms with E-state index in [9.17, 15) is 4.79 Å². The lowest BCUT2D eigenvalue weighted by atomic mass is 10.2. The Morgan fingerprint density at radius 1 is 1.42 bits per heavy atom. The summed E-state index contributed by atoms with van der Waals surface area (Å²) in [6.07, 6.45) is 2.50. The number of benzene rings is 1. The van der Waals surface area contributed by atoms with Crippen molar-refractivity contribution in [2.75, 3.05) is 7.05 Å². The van der Waals surface area contributed by atoms with Gasteiger partial charge < -0.3 is 9.88 Å². The zero-order chi connectivity index (χ0) is 13.6. The number of H-pyrrole nitrogens is 1. The van der Waals surface area contributed by atoms with Gasteiger partial charge in [-0.25, -0.2) is 0 Å².